The first-order valence-electron chi connectivity index (χ1n) is 19.0. The highest BCUT2D eigenvalue weighted by atomic mass is 16.6. The Bertz CT molecular complexity index is 772. The average molecular weight is 649 g/mol. The van der Waals surface area contributed by atoms with E-state index in [0.29, 0.717) is 19.3 Å². The lowest BCUT2D eigenvalue weighted by Crippen LogP contribution is -2.25. The van der Waals surface area contributed by atoms with Crippen LogP contribution in [0.15, 0.2) is 36.5 Å². The maximum absolute atomic E-state index is 12.0. The quantitative estimate of drug-likeness (QED) is 0.0318. The Morgan fingerprint density at radius 3 is 1.70 bits per heavy atom. The number of carbonyl (C=O) groups is 2. The summed E-state index contributed by atoms with van der Waals surface area (Å²) in [5, 5.41) is 20.1. The molecular formula is C40H72O6. The lowest BCUT2D eigenvalue weighted by molar-refractivity contribution is -0.152. The van der Waals surface area contributed by atoms with Crippen LogP contribution < -0.4 is 0 Å². The van der Waals surface area contributed by atoms with Crippen molar-refractivity contribution < 1.29 is 29.3 Å². The van der Waals surface area contributed by atoms with E-state index in [1.54, 1.807) is 6.08 Å². The summed E-state index contributed by atoms with van der Waals surface area (Å²) in [6.45, 7) is 6.46. The maximum Gasteiger partial charge on any atom is 0.305 e. The van der Waals surface area contributed by atoms with Crippen LogP contribution in [0.1, 0.15) is 175 Å². The number of esters is 2. The van der Waals surface area contributed by atoms with E-state index in [-0.39, 0.29) is 25.6 Å². The van der Waals surface area contributed by atoms with Crippen LogP contribution in [0.25, 0.3) is 0 Å². The summed E-state index contributed by atoms with van der Waals surface area (Å²) in [6.07, 6.45) is 36.6. The summed E-state index contributed by atoms with van der Waals surface area (Å²) >= 11 is 0. The normalized spacial score (nSPS) is 13.3. The fraction of sp³-hybridized carbons (Fsp3) is 0.800. The molecule has 0 aliphatic rings. The molecule has 6 heteroatoms. The van der Waals surface area contributed by atoms with Crippen molar-refractivity contribution in [1.29, 1.82) is 0 Å². The minimum absolute atomic E-state index is 0.162. The van der Waals surface area contributed by atoms with Gasteiger partial charge in [-0.3, -0.25) is 9.59 Å². The summed E-state index contributed by atoms with van der Waals surface area (Å²) in [7, 11) is 0. The minimum Gasteiger partial charge on any atom is -0.463 e. The highest BCUT2D eigenvalue weighted by molar-refractivity contribution is 5.69. The molecule has 0 amide bonds. The van der Waals surface area contributed by atoms with Gasteiger partial charge in [0, 0.05) is 12.8 Å². The first kappa shape index (κ1) is 44.1. The lowest BCUT2D eigenvalue weighted by Gasteiger charge is -2.12. The molecule has 6 nitrogen and oxygen atoms in total. The topological polar surface area (TPSA) is 93.1 Å². The summed E-state index contributed by atoms with van der Waals surface area (Å²) in [4.78, 5) is 23.9. The van der Waals surface area contributed by atoms with Gasteiger partial charge in [0.05, 0.1) is 6.10 Å². The van der Waals surface area contributed by atoms with Crippen LogP contribution in [0.3, 0.4) is 0 Å². The van der Waals surface area contributed by atoms with Crippen LogP contribution in [0.4, 0.5) is 0 Å². The largest absolute Gasteiger partial charge is 0.463 e. The standard InChI is InChI=1S/C40H72O6/c1-4-5-6-7-8-9-10-11-14-17-20-23-26-30-37(41)31-28-33-40(44)46-35-38(42)34-45-39(43)32-27-24-21-18-15-12-13-16-19-22-25-29-36(2)3/h11,14,20,23,26,30,36-38,41-42H,4-10,12-13,15-19,21-22,24-25,27-29,31-35H2,1-3H3/b14-11+,23-20+,30-26+/t37?,38-/m0/s1. The fourth-order valence-corrected chi connectivity index (χ4v) is 5.22. The molecule has 0 fully saturated rings. The molecule has 0 saturated heterocycles. The third-order valence-electron chi connectivity index (χ3n) is 8.16. The summed E-state index contributed by atoms with van der Waals surface area (Å²) in [6, 6.07) is 0. The molecule has 0 spiro atoms. The predicted octanol–water partition coefficient (Wildman–Crippen LogP) is 10.5. The molecule has 0 aliphatic heterocycles. The van der Waals surface area contributed by atoms with Gasteiger partial charge in [0.15, 0.2) is 0 Å². The Balaban J connectivity index is 3.63. The average Bonchev–Trinajstić information content (AvgIpc) is 3.03. The van der Waals surface area contributed by atoms with E-state index in [0.717, 1.165) is 38.0 Å². The number of carbonyl (C=O) groups excluding carboxylic acids is 2. The third-order valence-corrected chi connectivity index (χ3v) is 8.16. The molecule has 0 heterocycles. The van der Waals surface area contributed by atoms with Gasteiger partial charge in [0.2, 0.25) is 0 Å². The van der Waals surface area contributed by atoms with Crippen molar-refractivity contribution >= 4 is 11.9 Å². The molecule has 0 bridgehead atoms. The highest BCUT2D eigenvalue weighted by Gasteiger charge is 2.12. The van der Waals surface area contributed by atoms with Crippen LogP contribution in [0, 0.1) is 5.92 Å². The van der Waals surface area contributed by atoms with Gasteiger partial charge in [0.25, 0.3) is 0 Å². The SMILES string of the molecule is CCCCCCCC/C=C/C/C=C/C=C/C(O)CCCC(=O)OC[C@@H](O)COC(=O)CCCCCCCCCCCCCC(C)C. The molecule has 268 valence electrons. The smallest absolute Gasteiger partial charge is 0.305 e. The highest BCUT2D eigenvalue weighted by Crippen LogP contribution is 2.14. The number of unbranched alkanes of at least 4 members (excludes halogenated alkanes) is 16. The zero-order valence-electron chi connectivity index (χ0n) is 30.1. The Morgan fingerprint density at radius 1 is 0.587 bits per heavy atom. The summed E-state index contributed by atoms with van der Waals surface area (Å²) in [5.74, 6) is 0.0717. The number of ether oxygens (including phenoxy) is 2. The van der Waals surface area contributed by atoms with Crippen molar-refractivity contribution in [3.8, 4) is 0 Å². The molecule has 0 rings (SSSR count). The van der Waals surface area contributed by atoms with E-state index in [4.69, 9.17) is 9.47 Å². The second-order valence-corrected chi connectivity index (χ2v) is 13.4. The lowest BCUT2D eigenvalue weighted by atomic mass is 10.0. The summed E-state index contributed by atoms with van der Waals surface area (Å²) < 4.78 is 10.2. The van der Waals surface area contributed by atoms with Gasteiger partial charge in [0.1, 0.15) is 19.3 Å². The molecule has 0 aromatic rings. The number of aliphatic hydroxyl groups excluding tert-OH is 2. The number of aliphatic hydroxyl groups is 2. The molecular weight excluding hydrogens is 576 g/mol. The zero-order chi connectivity index (χ0) is 33.9. The van der Waals surface area contributed by atoms with Crippen LogP contribution in [0.2, 0.25) is 0 Å². The molecule has 0 saturated carbocycles. The molecule has 0 aromatic heterocycles. The number of hydrogen-bond donors (Lipinski definition) is 2. The molecule has 0 aromatic carbocycles. The monoisotopic (exact) mass is 649 g/mol. The van der Waals surface area contributed by atoms with Crippen LogP contribution in [0.5, 0.6) is 0 Å². The zero-order valence-corrected chi connectivity index (χ0v) is 30.1. The van der Waals surface area contributed by atoms with Crippen molar-refractivity contribution in [2.75, 3.05) is 13.2 Å². The fourth-order valence-electron chi connectivity index (χ4n) is 5.22. The van der Waals surface area contributed by atoms with Gasteiger partial charge in [-0.25, -0.2) is 0 Å². The molecule has 2 atom stereocenters. The van der Waals surface area contributed by atoms with Gasteiger partial charge < -0.3 is 19.7 Å². The summed E-state index contributed by atoms with van der Waals surface area (Å²) in [5.41, 5.74) is 0. The van der Waals surface area contributed by atoms with E-state index in [2.05, 4.69) is 39.0 Å². The van der Waals surface area contributed by atoms with E-state index >= 15 is 0 Å². The van der Waals surface area contributed by atoms with Crippen molar-refractivity contribution in [3.63, 3.8) is 0 Å². The van der Waals surface area contributed by atoms with Gasteiger partial charge in [-0.05, 0) is 44.4 Å². The number of hydrogen-bond acceptors (Lipinski definition) is 6. The second-order valence-electron chi connectivity index (χ2n) is 13.4. The number of allylic oxidation sites excluding steroid dienone is 5. The van der Waals surface area contributed by atoms with Crippen LogP contribution in [-0.4, -0.2) is 47.6 Å². The van der Waals surface area contributed by atoms with E-state index in [1.165, 1.54) is 96.3 Å². The Kier molecular flexibility index (Phi) is 33.0. The van der Waals surface area contributed by atoms with E-state index in [1.807, 2.05) is 12.2 Å². The van der Waals surface area contributed by atoms with E-state index < -0.39 is 18.2 Å². The number of rotatable bonds is 33. The minimum atomic E-state index is -1.03. The predicted molar refractivity (Wildman–Crippen MR) is 193 cm³/mol. The molecule has 0 aliphatic carbocycles. The Morgan fingerprint density at radius 2 is 1.11 bits per heavy atom. The van der Waals surface area contributed by atoms with Crippen molar-refractivity contribution in [2.45, 2.75) is 187 Å². The first-order chi connectivity index (χ1) is 22.3. The van der Waals surface area contributed by atoms with Crippen molar-refractivity contribution in [3.05, 3.63) is 36.5 Å². The van der Waals surface area contributed by atoms with Crippen molar-refractivity contribution in [2.24, 2.45) is 5.92 Å². The van der Waals surface area contributed by atoms with Crippen LogP contribution >= 0.6 is 0 Å². The second kappa shape index (κ2) is 34.4. The molecule has 46 heavy (non-hydrogen) atoms. The van der Waals surface area contributed by atoms with Gasteiger partial charge in [-0.15, -0.1) is 0 Å². The third kappa shape index (κ3) is 34.9. The molecule has 2 N–H and O–H groups in total. The van der Waals surface area contributed by atoms with Gasteiger partial charge in [-0.2, -0.15) is 0 Å². The molecule has 1 unspecified atom stereocenters. The first-order valence-corrected chi connectivity index (χ1v) is 19.0. The van der Waals surface area contributed by atoms with Gasteiger partial charge >= 0.3 is 11.9 Å². The van der Waals surface area contributed by atoms with Crippen LogP contribution in [-0.2, 0) is 19.1 Å². The Hall–Kier alpha value is -1.92. The maximum atomic E-state index is 12.0. The Labute approximate surface area is 283 Å². The van der Waals surface area contributed by atoms with E-state index in [9.17, 15) is 19.8 Å². The van der Waals surface area contributed by atoms with Crippen molar-refractivity contribution in [1.82, 2.24) is 0 Å². The van der Waals surface area contributed by atoms with Gasteiger partial charge in [-0.1, -0.05) is 160 Å². The molecule has 0 radical (unpaired) electrons.